The zero-order chi connectivity index (χ0) is 19.2. The maximum Gasteiger partial charge on any atom is 0.164 e. The van der Waals surface area contributed by atoms with E-state index in [9.17, 15) is 0 Å². The number of ether oxygens (including phenoxy) is 3. The Morgan fingerprint density at radius 1 is 0.815 bits per heavy atom. The molecule has 0 aliphatic carbocycles. The van der Waals surface area contributed by atoms with E-state index in [2.05, 4.69) is 36.4 Å². The lowest BCUT2D eigenvalue weighted by Crippen LogP contribution is -2.25. The van der Waals surface area contributed by atoms with Crippen molar-refractivity contribution in [1.82, 2.24) is 0 Å². The summed E-state index contributed by atoms with van der Waals surface area (Å²) >= 11 is 1.79. The van der Waals surface area contributed by atoms with Crippen molar-refractivity contribution in [3.8, 4) is 27.7 Å². The Morgan fingerprint density at radius 3 is 2.15 bits per heavy atom. The minimum atomic E-state index is -0.0146. The zero-order valence-corrected chi connectivity index (χ0v) is 16.7. The number of hydrogen-bond donors (Lipinski definition) is 1. The van der Waals surface area contributed by atoms with Crippen molar-refractivity contribution in [1.29, 1.82) is 0 Å². The smallest absolute Gasteiger partial charge is 0.164 e. The highest BCUT2D eigenvalue weighted by Gasteiger charge is 2.15. The van der Waals surface area contributed by atoms with E-state index >= 15 is 0 Å². The van der Waals surface area contributed by atoms with Gasteiger partial charge in [-0.25, -0.2) is 0 Å². The Bertz CT molecular complexity index is 877. The molecule has 0 radical (unpaired) electrons. The van der Waals surface area contributed by atoms with Crippen LogP contribution in [0.5, 0.6) is 17.2 Å². The Morgan fingerprint density at radius 2 is 1.48 bits per heavy atom. The third-order valence-corrected chi connectivity index (χ3v) is 5.61. The van der Waals surface area contributed by atoms with Crippen LogP contribution in [-0.2, 0) is 12.8 Å². The fourth-order valence-electron chi connectivity index (χ4n) is 3.11. The average Bonchev–Trinajstić information content (AvgIpc) is 3.16. The lowest BCUT2D eigenvalue weighted by Gasteiger charge is -2.17. The van der Waals surface area contributed by atoms with E-state index in [0.717, 1.165) is 17.7 Å². The molecule has 5 heteroatoms. The Balaban J connectivity index is 1.73. The molecule has 1 heterocycles. The number of benzene rings is 2. The first-order valence-electron chi connectivity index (χ1n) is 8.83. The van der Waals surface area contributed by atoms with Crippen LogP contribution in [0, 0.1) is 0 Å². The van der Waals surface area contributed by atoms with Crippen LogP contribution in [-0.4, -0.2) is 27.4 Å². The largest absolute Gasteiger partial charge is 0.496 e. The molecule has 1 aromatic heterocycles. The lowest BCUT2D eigenvalue weighted by atomic mass is 10.0. The van der Waals surface area contributed by atoms with Gasteiger partial charge in [0.25, 0.3) is 0 Å². The predicted molar refractivity (Wildman–Crippen MR) is 111 cm³/mol. The molecule has 3 aromatic rings. The van der Waals surface area contributed by atoms with Crippen molar-refractivity contribution < 1.29 is 14.2 Å². The van der Waals surface area contributed by atoms with Gasteiger partial charge in [0.15, 0.2) is 11.5 Å². The highest BCUT2D eigenvalue weighted by molar-refractivity contribution is 7.15. The molecule has 3 rings (SSSR count). The van der Waals surface area contributed by atoms with Gasteiger partial charge in [-0.05, 0) is 42.2 Å². The molecule has 4 nitrogen and oxygen atoms in total. The summed E-state index contributed by atoms with van der Waals surface area (Å²) in [5, 5.41) is 0. The molecule has 2 aromatic carbocycles. The predicted octanol–water partition coefficient (Wildman–Crippen LogP) is 4.55. The van der Waals surface area contributed by atoms with Crippen LogP contribution >= 0.6 is 11.3 Å². The van der Waals surface area contributed by atoms with Crippen LogP contribution in [0.1, 0.15) is 10.4 Å². The average molecular weight is 384 g/mol. The second-order valence-electron chi connectivity index (χ2n) is 6.32. The molecule has 27 heavy (non-hydrogen) atoms. The molecule has 1 atom stereocenters. The molecule has 0 amide bonds. The van der Waals surface area contributed by atoms with Gasteiger partial charge in [0.1, 0.15) is 5.75 Å². The van der Waals surface area contributed by atoms with Crippen LogP contribution in [0.2, 0.25) is 0 Å². The minimum Gasteiger partial charge on any atom is -0.496 e. The molecule has 0 saturated carbocycles. The highest BCUT2D eigenvalue weighted by atomic mass is 32.1. The van der Waals surface area contributed by atoms with Crippen LogP contribution in [0.15, 0.2) is 54.6 Å². The third kappa shape index (κ3) is 4.62. The second-order valence-corrected chi connectivity index (χ2v) is 7.49. The number of hydrogen-bond acceptors (Lipinski definition) is 5. The Kier molecular flexibility index (Phi) is 6.37. The lowest BCUT2D eigenvalue weighted by molar-refractivity contribution is 0.347. The third-order valence-electron chi connectivity index (χ3n) is 4.45. The summed E-state index contributed by atoms with van der Waals surface area (Å²) in [5.41, 5.74) is 8.71. The molecule has 0 saturated heterocycles. The number of methoxy groups -OCH3 is 3. The fourth-order valence-corrected chi connectivity index (χ4v) is 4.22. The van der Waals surface area contributed by atoms with E-state index in [1.165, 1.54) is 15.3 Å². The van der Waals surface area contributed by atoms with Crippen molar-refractivity contribution in [2.45, 2.75) is 18.9 Å². The van der Waals surface area contributed by atoms with Gasteiger partial charge in [-0.2, -0.15) is 0 Å². The van der Waals surface area contributed by atoms with Crippen molar-refractivity contribution >= 4 is 11.3 Å². The quantitative estimate of drug-likeness (QED) is 0.620. The molecule has 142 valence electrons. The fraction of sp³-hybridized carbons (Fsp3) is 0.273. The SMILES string of the molecule is COc1cc(OC)c(OC)cc1CC(N)Cc1ccc(-c2ccccc2)s1. The van der Waals surface area contributed by atoms with Gasteiger partial charge in [0, 0.05) is 21.9 Å². The van der Waals surface area contributed by atoms with Gasteiger partial charge in [0.2, 0.25) is 0 Å². The zero-order valence-electron chi connectivity index (χ0n) is 15.9. The monoisotopic (exact) mass is 383 g/mol. The number of rotatable bonds is 8. The highest BCUT2D eigenvalue weighted by Crippen LogP contribution is 2.35. The molecular formula is C22H25NO3S. The Labute approximate surface area is 164 Å². The van der Waals surface area contributed by atoms with Crippen molar-refractivity contribution in [2.24, 2.45) is 5.73 Å². The summed E-state index contributed by atoms with van der Waals surface area (Å²) in [4.78, 5) is 2.54. The molecule has 2 N–H and O–H groups in total. The van der Waals surface area contributed by atoms with E-state index in [-0.39, 0.29) is 6.04 Å². The van der Waals surface area contributed by atoms with E-state index in [4.69, 9.17) is 19.9 Å². The summed E-state index contributed by atoms with van der Waals surface area (Å²) in [6, 6.07) is 18.5. The first-order valence-corrected chi connectivity index (χ1v) is 9.64. The van der Waals surface area contributed by atoms with E-state index in [1.54, 1.807) is 32.7 Å². The van der Waals surface area contributed by atoms with Crippen LogP contribution in [0.25, 0.3) is 10.4 Å². The maximum atomic E-state index is 6.45. The van der Waals surface area contributed by atoms with Gasteiger partial charge in [-0.1, -0.05) is 30.3 Å². The van der Waals surface area contributed by atoms with Crippen LogP contribution < -0.4 is 19.9 Å². The van der Waals surface area contributed by atoms with Gasteiger partial charge in [0.05, 0.1) is 21.3 Å². The summed E-state index contributed by atoms with van der Waals surface area (Å²) in [5.74, 6) is 2.10. The molecule has 0 spiro atoms. The topological polar surface area (TPSA) is 53.7 Å². The second kappa shape index (κ2) is 8.93. The van der Waals surface area contributed by atoms with Gasteiger partial charge < -0.3 is 19.9 Å². The van der Waals surface area contributed by atoms with Crippen molar-refractivity contribution in [3.05, 3.63) is 65.0 Å². The van der Waals surface area contributed by atoms with E-state index < -0.39 is 0 Å². The van der Waals surface area contributed by atoms with Crippen molar-refractivity contribution in [3.63, 3.8) is 0 Å². The summed E-state index contributed by atoms with van der Waals surface area (Å²) in [6.07, 6.45) is 1.51. The number of nitrogens with two attached hydrogens (primary N) is 1. The van der Waals surface area contributed by atoms with Crippen LogP contribution in [0.3, 0.4) is 0 Å². The molecule has 0 aliphatic rings. The molecular weight excluding hydrogens is 358 g/mol. The minimum absolute atomic E-state index is 0.0146. The van der Waals surface area contributed by atoms with E-state index in [1.807, 2.05) is 18.2 Å². The molecule has 0 bridgehead atoms. The molecule has 1 unspecified atom stereocenters. The van der Waals surface area contributed by atoms with Gasteiger partial charge in [-0.3, -0.25) is 0 Å². The first kappa shape index (κ1) is 19.3. The standard InChI is InChI=1S/C22H25NO3S/c1-24-19-14-21(26-3)20(25-2)12-16(19)11-17(23)13-18-9-10-22(27-18)15-7-5-4-6-8-15/h4-10,12,14,17H,11,13,23H2,1-3H3. The van der Waals surface area contributed by atoms with Crippen molar-refractivity contribution in [2.75, 3.05) is 21.3 Å². The normalized spacial score (nSPS) is 11.9. The maximum absolute atomic E-state index is 6.45. The number of thiophene rings is 1. The Hall–Kier alpha value is -2.50. The first-order chi connectivity index (χ1) is 13.1. The summed E-state index contributed by atoms with van der Waals surface area (Å²) < 4.78 is 16.3. The summed E-state index contributed by atoms with van der Waals surface area (Å²) in [6.45, 7) is 0. The van der Waals surface area contributed by atoms with Gasteiger partial charge >= 0.3 is 0 Å². The molecule has 0 aliphatic heterocycles. The van der Waals surface area contributed by atoms with E-state index in [0.29, 0.717) is 17.9 Å². The molecule has 0 fully saturated rings. The summed E-state index contributed by atoms with van der Waals surface area (Å²) in [7, 11) is 4.90. The van der Waals surface area contributed by atoms with Crippen LogP contribution in [0.4, 0.5) is 0 Å². The van der Waals surface area contributed by atoms with Gasteiger partial charge in [-0.15, -0.1) is 11.3 Å².